The number of rotatable bonds is 5. The fraction of sp³-hybridized carbons (Fsp3) is 0.867. The van der Waals surface area contributed by atoms with E-state index < -0.39 is 17.6 Å². The lowest BCUT2D eigenvalue weighted by molar-refractivity contribution is -0.162. The quantitative estimate of drug-likeness (QED) is 0.788. The molecule has 0 radical (unpaired) electrons. The van der Waals surface area contributed by atoms with E-state index in [2.05, 4.69) is 5.32 Å². The summed E-state index contributed by atoms with van der Waals surface area (Å²) in [5.41, 5.74) is -0.984. The molecule has 0 unspecified atom stereocenters. The number of ether oxygens (including phenoxy) is 2. The summed E-state index contributed by atoms with van der Waals surface area (Å²) in [6.07, 6.45) is 0. The number of nitrogens with one attached hydrogen (secondary N) is 1. The Morgan fingerprint density at radius 2 is 1.50 bits per heavy atom. The number of esters is 1. The van der Waals surface area contributed by atoms with Gasteiger partial charge in [0.05, 0.1) is 12.2 Å². The van der Waals surface area contributed by atoms with Crippen LogP contribution < -0.4 is 5.32 Å². The molecule has 0 fully saturated rings. The summed E-state index contributed by atoms with van der Waals surface area (Å²) in [5.74, 6) is -0.872. The van der Waals surface area contributed by atoms with E-state index in [0.717, 1.165) is 0 Å². The predicted octanol–water partition coefficient (Wildman–Crippen LogP) is 2.28. The van der Waals surface area contributed by atoms with Crippen LogP contribution in [0.25, 0.3) is 0 Å². The van der Waals surface area contributed by atoms with Crippen molar-refractivity contribution in [2.45, 2.75) is 72.6 Å². The van der Waals surface area contributed by atoms with Crippen molar-refractivity contribution in [3.05, 3.63) is 0 Å². The molecule has 0 aromatic carbocycles. The van der Waals surface area contributed by atoms with Gasteiger partial charge in [-0.05, 0) is 41.5 Å². The van der Waals surface area contributed by atoms with Crippen LogP contribution in [-0.2, 0) is 19.1 Å². The molecule has 5 heteroatoms. The van der Waals surface area contributed by atoms with E-state index in [9.17, 15) is 9.59 Å². The molecule has 0 aliphatic carbocycles. The molecule has 0 bridgehead atoms. The maximum atomic E-state index is 12.1. The van der Waals surface area contributed by atoms with Gasteiger partial charge in [-0.3, -0.25) is 4.79 Å². The van der Waals surface area contributed by atoms with Gasteiger partial charge in [0.2, 0.25) is 5.91 Å². The molecule has 0 saturated carbocycles. The molecule has 0 spiro atoms. The molecule has 5 nitrogen and oxygen atoms in total. The van der Waals surface area contributed by atoms with E-state index in [-0.39, 0.29) is 24.0 Å². The molecule has 0 aromatic heterocycles. The van der Waals surface area contributed by atoms with Crippen LogP contribution in [0.5, 0.6) is 0 Å². The van der Waals surface area contributed by atoms with Crippen LogP contribution in [0.4, 0.5) is 0 Å². The summed E-state index contributed by atoms with van der Waals surface area (Å²) >= 11 is 0. The highest BCUT2D eigenvalue weighted by Gasteiger charge is 2.29. The average molecular weight is 287 g/mol. The molecule has 0 aromatic rings. The number of hydrogen-bond donors (Lipinski definition) is 1. The van der Waals surface area contributed by atoms with Gasteiger partial charge in [0.1, 0.15) is 5.60 Å². The van der Waals surface area contributed by atoms with Crippen LogP contribution in [0.2, 0.25) is 0 Å². The van der Waals surface area contributed by atoms with E-state index in [4.69, 9.17) is 9.47 Å². The number of carbonyl (C=O) groups excluding carboxylic acids is 2. The van der Waals surface area contributed by atoms with E-state index in [1.165, 1.54) is 0 Å². The Hall–Kier alpha value is -1.10. The summed E-state index contributed by atoms with van der Waals surface area (Å²) in [5, 5.41) is 2.67. The third kappa shape index (κ3) is 8.91. The first kappa shape index (κ1) is 18.9. The minimum Gasteiger partial charge on any atom is -0.458 e. The Kier molecular flexibility index (Phi) is 6.68. The van der Waals surface area contributed by atoms with Gasteiger partial charge in [-0.1, -0.05) is 13.8 Å². The monoisotopic (exact) mass is 287 g/mol. The highest BCUT2D eigenvalue weighted by atomic mass is 16.6. The van der Waals surface area contributed by atoms with Crippen molar-refractivity contribution in [2.75, 3.05) is 6.61 Å². The number of hydrogen-bond acceptors (Lipinski definition) is 4. The predicted molar refractivity (Wildman–Crippen MR) is 78.3 cm³/mol. The van der Waals surface area contributed by atoms with Gasteiger partial charge in [-0.15, -0.1) is 0 Å². The van der Waals surface area contributed by atoms with Crippen LogP contribution >= 0.6 is 0 Å². The summed E-state index contributed by atoms with van der Waals surface area (Å²) in [6.45, 7) is 14.7. The zero-order chi connectivity index (χ0) is 16.1. The first-order valence-corrected chi connectivity index (χ1v) is 6.99. The standard InChI is InChI=1S/C15H29NO4/c1-10(2)12(17)16-11(9-19-14(3,4)5)13(18)20-15(6,7)8/h10-11H,9H2,1-8H3,(H,16,17)/t11-/m0/s1. The SMILES string of the molecule is CC(C)C(=O)N[C@@H](COC(C)(C)C)C(=O)OC(C)(C)C. The fourth-order valence-corrected chi connectivity index (χ4v) is 1.21. The van der Waals surface area contributed by atoms with E-state index in [0.29, 0.717) is 0 Å². The van der Waals surface area contributed by atoms with Crippen molar-refractivity contribution in [2.24, 2.45) is 5.92 Å². The van der Waals surface area contributed by atoms with Crippen LogP contribution in [-0.4, -0.2) is 35.7 Å². The molecule has 1 atom stereocenters. The van der Waals surface area contributed by atoms with Crippen molar-refractivity contribution in [3.8, 4) is 0 Å². The average Bonchev–Trinajstić information content (AvgIpc) is 2.19. The maximum absolute atomic E-state index is 12.1. The summed E-state index contributed by atoms with van der Waals surface area (Å²) in [4.78, 5) is 23.9. The number of carbonyl (C=O) groups is 2. The number of amides is 1. The Morgan fingerprint density at radius 3 is 1.85 bits per heavy atom. The second-order valence-corrected chi connectivity index (χ2v) is 7.17. The minimum atomic E-state index is -0.789. The summed E-state index contributed by atoms with van der Waals surface area (Å²) < 4.78 is 10.9. The molecule has 0 rings (SSSR count). The van der Waals surface area contributed by atoms with E-state index in [1.807, 2.05) is 20.8 Å². The molecule has 0 saturated heterocycles. The molecule has 0 heterocycles. The summed E-state index contributed by atoms with van der Waals surface area (Å²) in [7, 11) is 0. The summed E-state index contributed by atoms with van der Waals surface area (Å²) in [6, 6.07) is -0.789. The Bertz CT molecular complexity index is 337. The van der Waals surface area contributed by atoms with Gasteiger partial charge in [-0.25, -0.2) is 4.79 Å². The molecule has 20 heavy (non-hydrogen) atoms. The van der Waals surface area contributed by atoms with Crippen molar-refractivity contribution < 1.29 is 19.1 Å². The second-order valence-electron chi connectivity index (χ2n) is 7.17. The fourth-order valence-electron chi connectivity index (χ4n) is 1.21. The topological polar surface area (TPSA) is 64.6 Å². The third-order valence-corrected chi connectivity index (χ3v) is 2.22. The van der Waals surface area contributed by atoms with Crippen molar-refractivity contribution in [1.82, 2.24) is 5.32 Å². The highest BCUT2D eigenvalue weighted by Crippen LogP contribution is 2.12. The lowest BCUT2D eigenvalue weighted by Crippen LogP contribution is -2.49. The second kappa shape index (κ2) is 7.07. The zero-order valence-corrected chi connectivity index (χ0v) is 14.0. The maximum Gasteiger partial charge on any atom is 0.331 e. The molecule has 0 aliphatic rings. The molecule has 1 amide bonds. The molecule has 1 N–H and O–H groups in total. The van der Waals surface area contributed by atoms with Crippen molar-refractivity contribution >= 4 is 11.9 Å². The van der Waals surface area contributed by atoms with Crippen LogP contribution in [0.1, 0.15) is 55.4 Å². The van der Waals surface area contributed by atoms with Crippen LogP contribution in [0, 0.1) is 5.92 Å². The van der Waals surface area contributed by atoms with E-state index in [1.54, 1.807) is 34.6 Å². The molecular weight excluding hydrogens is 258 g/mol. The lowest BCUT2D eigenvalue weighted by atomic mass is 10.1. The lowest BCUT2D eigenvalue weighted by Gasteiger charge is -2.27. The van der Waals surface area contributed by atoms with Gasteiger partial charge in [0.15, 0.2) is 6.04 Å². The normalized spacial score (nSPS) is 14.1. The molecular formula is C15H29NO4. The van der Waals surface area contributed by atoms with Crippen molar-refractivity contribution in [1.29, 1.82) is 0 Å². The van der Waals surface area contributed by atoms with Crippen LogP contribution in [0.15, 0.2) is 0 Å². The Labute approximate surface area is 122 Å². The van der Waals surface area contributed by atoms with Crippen molar-refractivity contribution in [3.63, 3.8) is 0 Å². The first-order chi connectivity index (χ1) is 8.82. The Morgan fingerprint density at radius 1 is 1.00 bits per heavy atom. The molecule has 118 valence electrons. The third-order valence-electron chi connectivity index (χ3n) is 2.22. The first-order valence-electron chi connectivity index (χ1n) is 6.99. The zero-order valence-electron chi connectivity index (χ0n) is 14.0. The van der Waals surface area contributed by atoms with Gasteiger partial charge < -0.3 is 14.8 Å². The largest absolute Gasteiger partial charge is 0.458 e. The smallest absolute Gasteiger partial charge is 0.331 e. The van der Waals surface area contributed by atoms with Gasteiger partial charge in [0.25, 0.3) is 0 Å². The van der Waals surface area contributed by atoms with Gasteiger partial charge in [-0.2, -0.15) is 0 Å². The van der Waals surface area contributed by atoms with Gasteiger partial charge >= 0.3 is 5.97 Å². The van der Waals surface area contributed by atoms with Gasteiger partial charge in [0, 0.05) is 5.92 Å². The van der Waals surface area contributed by atoms with Crippen LogP contribution in [0.3, 0.4) is 0 Å². The highest BCUT2D eigenvalue weighted by molar-refractivity contribution is 5.85. The van der Waals surface area contributed by atoms with E-state index >= 15 is 0 Å². The minimum absolute atomic E-state index is 0.0941. The Balaban J connectivity index is 4.78. The molecule has 0 aliphatic heterocycles.